The summed E-state index contributed by atoms with van der Waals surface area (Å²) < 4.78 is 0. The van der Waals surface area contributed by atoms with E-state index in [9.17, 15) is 4.79 Å². The standard InChI is InChI=1S/C6H14N2O4/c7-4-2-1-3-5(6(9)10)8(11)12/h5,11-12H,1-4,7H2,(H,9,10)/t5-/m0/s1. The van der Waals surface area contributed by atoms with E-state index >= 15 is 0 Å². The number of nitrogens with two attached hydrogens (primary N) is 1. The lowest BCUT2D eigenvalue weighted by molar-refractivity contribution is -0.328. The van der Waals surface area contributed by atoms with Crippen LogP contribution >= 0.6 is 0 Å². The molecule has 0 radical (unpaired) electrons. The van der Waals surface area contributed by atoms with Gasteiger partial charge in [-0.15, -0.1) is 0 Å². The number of nitrogens with zero attached hydrogens (tertiary/aromatic N) is 1. The molecule has 1 atom stereocenters. The van der Waals surface area contributed by atoms with Gasteiger partial charge >= 0.3 is 5.97 Å². The van der Waals surface area contributed by atoms with E-state index in [0.717, 1.165) is 0 Å². The number of carboxylic acid groups (broad SMARTS) is 1. The van der Waals surface area contributed by atoms with Gasteiger partial charge in [0.1, 0.15) is 0 Å². The van der Waals surface area contributed by atoms with E-state index < -0.39 is 12.0 Å². The van der Waals surface area contributed by atoms with Gasteiger partial charge in [0, 0.05) is 0 Å². The lowest BCUT2D eigenvalue weighted by Crippen LogP contribution is -2.36. The van der Waals surface area contributed by atoms with Crippen LogP contribution in [-0.2, 0) is 4.79 Å². The molecule has 6 nitrogen and oxygen atoms in total. The zero-order valence-corrected chi connectivity index (χ0v) is 6.68. The first-order valence-electron chi connectivity index (χ1n) is 3.69. The van der Waals surface area contributed by atoms with Crippen molar-refractivity contribution >= 4 is 5.97 Å². The van der Waals surface area contributed by atoms with Crippen LogP contribution in [0.4, 0.5) is 0 Å². The number of carboxylic acids is 1. The van der Waals surface area contributed by atoms with Gasteiger partial charge in [0.05, 0.1) is 0 Å². The largest absolute Gasteiger partial charge is 0.480 e. The first-order chi connectivity index (χ1) is 5.59. The zero-order chi connectivity index (χ0) is 9.56. The van der Waals surface area contributed by atoms with E-state index in [0.29, 0.717) is 19.4 Å². The second kappa shape index (κ2) is 5.90. The van der Waals surface area contributed by atoms with Crippen LogP contribution in [0.1, 0.15) is 19.3 Å². The van der Waals surface area contributed by atoms with Crippen molar-refractivity contribution in [2.24, 2.45) is 5.73 Å². The average molecular weight is 178 g/mol. The number of unbranched alkanes of at least 4 members (excludes halogenated alkanes) is 1. The Morgan fingerprint density at radius 3 is 2.33 bits per heavy atom. The summed E-state index contributed by atoms with van der Waals surface area (Å²) in [6.07, 6.45) is 1.42. The molecule has 6 heteroatoms. The molecule has 5 N–H and O–H groups in total. The fourth-order valence-electron chi connectivity index (χ4n) is 0.820. The van der Waals surface area contributed by atoms with Crippen LogP contribution in [0, 0.1) is 0 Å². The molecule has 0 heterocycles. The third kappa shape index (κ3) is 4.24. The second-order valence-electron chi connectivity index (χ2n) is 2.46. The Balaban J connectivity index is 3.72. The highest BCUT2D eigenvalue weighted by atomic mass is 16.8. The second-order valence-corrected chi connectivity index (χ2v) is 2.46. The lowest BCUT2D eigenvalue weighted by atomic mass is 10.1. The average Bonchev–Trinajstić information content (AvgIpc) is 1.96. The Kier molecular flexibility index (Phi) is 5.56. The Labute approximate surface area is 70.1 Å². The molecule has 0 bridgehead atoms. The highest BCUT2D eigenvalue weighted by molar-refractivity contribution is 5.72. The van der Waals surface area contributed by atoms with Crippen LogP contribution in [0.3, 0.4) is 0 Å². The number of aliphatic carboxylic acids is 1. The van der Waals surface area contributed by atoms with E-state index in [1.807, 2.05) is 0 Å². The molecule has 72 valence electrons. The van der Waals surface area contributed by atoms with Gasteiger partial charge in [-0.25, -0.2) is 0 Å². The van der Waals surface area contributed by atoms with Crippen LogP contribution in [0.5, 0.6) is 0 Å². The van der Waals surface area contributed by atoms with Gasteiger partial charge in [0.15, 0.2) is 6.04 Å². The zero-order valence-electron chi connectivity index (χ0n) is 6.68. The van der Waals surface area contributed by atoms with E-state index in [2.05, 4.69) is 0 Å². The predicted molar refractivity (Wildman–Crippen MR) is 39.7 cm³/mol. The summed E-state index contributed by atoms with van der Waals surface area (Å²) in [4.78, 5) is 10.3. The van der Waals surface area contributed by atoms with Crippen molar-refractivity contribution in [1.29, 1.82) is 0 Å². The Morgan fingerprint density at radius 2 is 2.00 bits per heavy atom. The molecule has 0 rings (SSSR count). The molecule has 0 unspecified atom stereocenters. The fraction of sp³-hybridized carbons (Fsp3) is 0.833. The number of hydroxylamine groups is 2. The minimum absolute atomic E-state index is 0.180. The molecular weight excluding hydrogens is 164 g/mol. The van der Waals surface area contributed by atoms with Crippen molar-refractivity contribution in [3.63, 3.8) is 0 Å². The smallest absolute Gasteiger partial charge is 0.325 e. The molecule has 0 aromatic rings. The molecule has 0 fully saturated rings. The van der Waals surface area contributed by atoms with E-state index in [1.54, 1.807) is 0 Å². The van der Waals surface area contributed by atoms with Crippen molar-refractivity contribution in [3.8, 4) is 0 Å². The summed E-state index contributed by atoms with van der Waals surface area (Å²) in [5.74, 6) is -1.25. The van der Waals surface area contributed by atoms with E-state index in [-0.39, 0.29) is 11.6 Å². The van der Waals surface area contributed by atoms with Crippen molar-refractivity contribution in [1.82, 2.24) is 5.23 Å². The van der Waals surface area contributed by atoms with Crippen molar-refractivity contribution in [3.05, 3.63) is 0 Å². The maximum absolute atomic E-state index is 10.3. The summed E-state index contributed by atoms with van der Waals surface area (Å²) in [6.45, 7) is 0.475. The summed E-state index contributed by atoms with van der Waals surface area (Å²) in [5, 5.41) is 25.1. The molecule has 12 heavy (non-hydrogen) atoms. The third-order valence-corrected chi connectivity index (χ3v) is 1.50. The minimum Gasteiger partial charge on any atom is -0.480 e. The molecule has 0 saturated carbocycles. The Hall–Kier alpha value is -0.690. The summed E-state index contributed by atoms with van der Waals surface area (Å²) in [7, 11) is 0. The summed E-state index contributed by atoms with van der Waals surface area (Å²) in [6, 6.07) is -1.25. The molecule has 0 aromatic carbocycles. The fourth-order valence-corrected chi connectivity index (χ4v) is 0.820. The van der Waals surface area contributed by atoms with Gasteiger partial charge < -0.3 is 10.8 Å². The van der Waals surface area contributed by atoms with Gasteiger partial charge in [-0.3, -0.25) is 15.2 Å². The Morgan fingerprint density at radius 1 is 1.42 bits per heavy atom. The van der Waals surface area contributed by atoms with Crippen molar-refractivity contribution in [2.45, 2.75) is 25.3 Å². The number of rotatable bonds is 6. The number of hydrogen-bond donors (Lipinski definition) is 4. The van der Waals surface area contributed by atoms with E-state index in [1.165, 1.54) is 0 Å². The van der Waals surface area contributed by atoms with Crippen LogP contribution in [-0.4, -0.2) is 39.3 Å². The first-order valence-corrected chi connectivity index (χ1v) is 3.69. The third-order valence-electron chi connectivity index (χ3n) is 1.50. The number of hydrogen-bond acceptors (Lipinski definition) is 5. The number of carbonyl (C=O) groups is 1. The Bertz CT molecular complexity index is 140. The van der Waals surface area contributed by atoms with Crippen LogP contribution in [0.15, 0.2) is 0 Å². The highest BCUT2D eigenvalue weighted by Gasteiger charge is 2.22. The molecule has 0 aromatic heterocycles. The monoisotopic (exact) mass is 178 g/mol. The van der Waals surface area contributed by atoms with Crippen LogP contribution in [0.2, 0.25) is 0 Å². The van der Waals surface area contributed by atoms with Crippen molar-refractivity contribution in [2.75, 3.05) is 6.54 Å². The van der Waals surface area contributed by atoms with Crippen molar-refractivity contribution < 1.29 is 20.3 Å². The maximum atomic E-state index is 10.3. The van der Waals surface area contributed by atoms with Gasteiger partial charge in [0.25, 0.3) is 0 Å². The van der Waals surface area contributed by atoms with Gasteiger partial charge in [0.2, 0.25) is 0 Å². The van der Waals surface area contributed by atoms with Gasteiger partial charge in [-0.2, -0.15) is 0 Å². The van der Waals surface area contributed by atoms with Gasteiger partial charge in [-0.05, 0) is 25.8 Å². The topological polar surface area (TPSA) is 107 Å². The molecule has 0 amide bonds. The predicted octanol–water partition coefficient (Wildman–Crippen LogP) is -0.351. The summed E-state index contributed by atoms with van der Waals surface area (Å²) in [5.41, 5.74) is 5.18. The summed E-state index contributed by atoms with van der Waals surface area (Å²) >= 11 is 0. The van der Waals surface area contributed by atoms with Gasteiger partial charge in [-0.1, -0.05) is 5.23 Å². The van der Waals surface area contributed by atoms with Crippen LogP contribution < -0.4 is 5.73 Å². The van der Waals surface area contributed by atoms with Crippen LogP contribution in [0.25, 0.3) is 0 Å². The molecule has 0 saturated heterocycles. The molecule has 0 aliphatic heterocycles. The maximum Gasteiger partial charge on any atom is 0.325 e. The molecule has 0 aliphatic rings. The van der Waals surface area contributed by atoms with E-state index in [4.69, 9.17) is 21.3 Å². The molecular formula is C6H14N2O4. The lowest BCUT2D eigenvalue weighted by Gasteiger charge is -2.15. The molecule has 0 aliphatic carbocycles. The SMILES string of the molecule is NCCCC[C@@H](C(=O)O)N(O)O. The highest BCUT2D eigenvalue weighted by Crippen LogP contribution is 2.04. The molecule has 0 spiro atoms. The first kappa shape index (κ1) is 11.3. The minimum atomic E-state index is -1.25. The normalized spacial score (nSPS) is 13.3. The quantitative estimate of drug-likeness (QED) is 0.327.